The van der Waals surface area contributed by atoms with Crippen molar-refractivity contribution >= 4 is 17.5 Å². The first-order valence-electron chi connectivity index (χ1n) is 6.92. The van der Waals surface area contributed by atoms with Crippen molar-refractivity contribution in [2.24, 2.45) is 0 Å². The van der Waals surface area contributed by atoms with Gasteiger partial charge in [-0.15, -0.1) is 0 Å². The molecule has 1 aromatic carbocycles. The third-order valence-electron chi connectivity index (χ3n) is 3.20. The minimum Gasteiger partial charge on any atom is -0.329 e. The highest BCUT2D eigenvalue weighted by atomic mass is 35.5. The van der Waals surface area contributed by atoms with Crippen LogP contribution in [0.4, 0.5) is 0 Å². The zero-order valence-corrected chi connectivity index (χ0v) is 13.6. The molecule has 0 fully saturated rings. The van der Waals surface area contributed by atoms with Crippen LogP contribution in [0.3, 0.4) is 0 Å². The molecule has 2 aromatic rings. The molecule has 0 radical (unpaired) electrons. The van der Waals surface area contributed by atoms with Gasteiger partial charge in [-0.05, 0) is 31.5 Å². The Hall–Kier alpha value is -2.20. The second-order valence-corrected chi connectivity index (χ2v) is 5.69. The van der Waals surface area contributed by atoms with Crippen molar-refractivity contribution in [2.75, 3.05) is 7.05 Å². The number of benzene rings is 1. The van der Waals surface area contributed by atoms with Crippen molar-refractivity contribution in [2.45, 2.75) is 19.9 Å². The number of amides is 1. The van der Waals surface area contributed by atoms with Gasteiger partial charge in [-0.3, -0.25) is 14.8 Å². The molecule has 0 N–H and O–H groups in total. The highest BCUT2D eigenvalue weighted by Crippen LogP contribution is 2.27. The second-order valence-electron chi connectivity index (χ2n) is 5.26. The highest BCUT2D eigenvalue weighted by Gasteiger charge is 2.23. The summed E-state index contributed by atoms with van der Waals surface area (Å²) < 4.78 is 0. The SMILES string of the molecule is CC(C)=CC(=O)N(C)[C@@H](c1ccc(Cl)cc1)c1cnccn1. The molecular weight excluding hydrogens is 298 g/mol. The largest absolute Gasteiger partial charge is 0.329 e. The van der Waals surface area contributed by atoms with Gasteiger partial charge in [0.1, 0.15) is 6.04 Å². The summed E-state index contributed by atoms with van der Waals surface area (Å²) in [7, 11) is 1.76. The molecule has 0 spiro atoms. The topological polar surface area (TPSA) is 46.1 Å². The van der Waals surface area contributed by atoms with Crippen molar-refractivity contribution < 1.29 is 4.79 Å². The third kappa shape index (κ3) is 3.92. The molecule has 5 heteroatoms. The molecule has 2 rings (SSSR count). The summed E-state index contributed by atoms with van der Waals surface area (Å²) in [6, 6.07) is 7.09. The first-order valence-corrected chi connectivity index (χ1v) is 7.30. The van der Waals surface area contributed by atoms with Crippen molar-refractivity contribution in [3.63, 3.8) is 0 Å². The molecule has 0 unspecified atom stereocenters. The normalized spacial score (nSPS) is 11.6. The van der Waals surface area contributed by atoms with E-state index in [4.69, 9.17) is 11.6 Å². The predicted octanol–water partition coefficient (Wildman–Crippen LogP) is 3.64. The van der Waals surface area contributed by atoms with Crippen LogP contribution in [-0.4, -0.2) is 27.8 Å². The number of hydrogen-bond donors (Lipinski definition) is 0. The summed E-state index contributed by atoms with van der Waals surface area (Å²) in [5, 5.41) is 0.653. The van der Waals surface area contributed by atoms with E-state index in [9.17, 15) is 4.79 Å². The molecule has 1 amide bonds. The lowest BCUT2D eigenvalue weighted by Crippen LogP contribution is -2.31. The zero-order chi connectivity index (χ0) is 16.1. The molecular formula is C17H18ClN3O. The molecule has 4 nitrogen and oxygen atoms in total. The van der Waals surface area contributed by atoms with Crippen LogP contribution in [0.5, 0.6) is 0 Å². The van der Waals surface area contributed by atoms with Crippen LogP contribution >= 0.6 is 11.6 Å². The van der Waals surface area contributed by atoms with E-state index in [-0.39, 0.29) is 11.9 Å². The number of nitrogens with zero attached hydrogens (tertiary/aromatic N) is 3. The predicted molar refractivity (Wildman–Crippen MR) is 87.5 cm³/mol. The van der Waals surface area contributed by atoms with Crippen LogP contribution in [0.2, 0.25) is 5.02 Å². The van der Waals surface area contributed by atoms with Gasteiger partial charge in [0, 0.05) is 30.5 Å². The Balaban J connectivity index is 2.44. The van der Waals surface area contributed by atoms with E-state index in [1.54, 1.807) is 48.7 Å². The van der Waals surface area contributed by atoms with Gasteiger partial charge in [0.05, 0.1) is 11.9 Å². The fourth-order valence-corrected chi connectivity index (χ4v) is 2.29. The average Bonchev–Trinajstić information content (AvgIpc) is 2.50. The molecule has 22 heavy (non-hydrogen) atoms. The third-order valence-corrected chi connectivity index (χ3v) is 3.45. The lowest BCUT2D eigenvalue weighted by atomic mass is 10.0. The second kappa shape index (κ2) is 7.18. The minimum absolute atomic E-state index is 0.0781. The Bertz CT molecular complexity index is 664. The Labute approximate surface area is 135 Å². The van der Waals surface area contributed by atoms with Crippen LogP contribution in [0, 0.1) is 0 Å². The first kappa shape index (κ1) is 16.2. The van der Waals surface area contributed by atoms with E-state index < -0.39 is 0 Å². The van der Waals surface area contributed by atoms with Gasteiger partial charge in [-0.25, -0.2) is 0 Å². The Kier molecular flexibility index (Phi) is 5.28. The van der Waals surface area contributed by atoms with Gasteiger partial charge in [-0.2, -0.15) is 0 Å². The van der Waals surface area contributed by atoms with Crippen LogP contribution in [-0.2, 0) is 4.79 Å². The van der Waals surface area contributed by atoms with E-state index in [0.29, 0.717) is 10.7 Å². The van der Waals surface area contributed by atoms with E-state index >= 15 is 0 Å². The zero-order valence-electron chi connectivity index (χ0n) is 12.8. The van der Waals surface area contributed by atoms with Crippen LogP contribution in [0.15, 0.2) is 54.5 Å². The number of hydrogen-bond acceptors (Lipinski definition) is 3. The fraction of sp³-hybridized carbons (Fsp3) is 0.235. The molecule has 0 aliphatic heterocycles. The minimum atomic E-state index is -0.311. The molecule has 0 aliphatic carbocycles. The van der Waals surface area contributed by atoms with Crippen molar-refractivity contribution in [1.29, 1.82) is 0 Å². The van der Waals surface area contributed by atoms with Gasteiger partial charge in [0.2, 0.25) is 5.91 Å². The Morgan fingerprint density at radius 3 is 2.45 bits per heavy atom. The van der Waals surface area contributed by atoms with Gasteiger partial charge in [0.15, 0.2) is 0 Å². The fourth-order valence-electron chi connectivity index (χ4n) is 2.17. The van der Waals surface area contributed by atoms with Crippen LogP contribution in [0.1, 0.15) is 31.1 Å². The summed E-state index contributed by atoms with van der Waals surface area (Å²) in [6.45, 7) is 3.79. The summed E-state index contributed by atoms with van der Waals surface area (Å²) in [4.78, 5) is 22.5. The van der Waals surface area contributed by atoms with Crippen LogP contribution < -0.4 is 0 Å². The number of carbonyl (C=O) groups excluding carboxylic acids is 1. The summed E-state index contributed by atoms with van der Waals surface area (Å²) >= 11 is 5.96. The number of carbonyl (C=O) groups is 1. The summed E-state index contributed by atoms with van der Waals surface area (Å²) in [5.74, 6) is -0.0781. The molecule has 1 aromatic heterocycles. The molecule has 0 aliphatic rings. The molecule has 0 saturated carbocycles. The van der Waals surface area contributed by atoms with Crippen molar-refractivity contribution in [3.05, 3.63) is 70.8 Å². The Morgan fingerprint density at radius 2 is 1.91 bits per heavy atom. The molecule has 114 valence electrons. The lowest BCUT2D eigenvalue weighted by molar-refractivity contribution is -0.126. The van der Waals surface area contributed by atoms with Crippen molar-refractivity contribution in [1.82, 2.24) is 14.9 Å². The number of likely N-dealkylation sites (N-methyl/N-ethyl adjacent to an activating group) is 1. The number of halogens is 1. The van der Waals surface area contributed by atoms with E-state index in [0.717, 1.165) is 11.1 Å². The standard InChI is InChI=1S/C17H18ClN3O/c1-12(2)10-16(22)21(3)17(15-11-19-8-9-20-15)13-4-6-14(18)7-5-13/h4-11,17H,1-3H3/t17-/m0/s1. The van der Waals surface area contributed by atoms with Gasteiger partial charge in [-0.1, -0.05) is 29.3 Å². The first-order chi connectivity index (χ1) is 10.5. The Morgan fingerprint density at radius 1 is 1.23 bits per heavy atom. The van der Waals surface area contributed by atoms with Crippen LogP contribution in [0.25, 0.3) is 0 Å². The van der Waals surface area contributed by atoms with Gasteiger partial charge in [0.25, 0.3) is 0 Å². The highest BCUT2D eigenvalue weighted by molar-refractivity contribution is 6.30. The number of rotatable bonds is 4. The summed E-state index contributed by atoms with van der Waals surface area (Å²) in [5.41, 5.74) is 2.59. The molecule has 0 bridgehead atoms. The van der Waals surface area contributed by atoms with E-state index in [2.05, 4.69) is 9.97 Å². The van der Waals surface area contributed by atoms with E-state index in [1.807, 2.05) is 26.0 Å². The maximum absolute atomic E-state index is 12.4. The average molecular weight is 316 g/mol. The van der Waals surface area contributed by atoms with E-state index in [1.165, 1.54) is 0 Å². The number of aromatic nitrogens is 2. The molecule has 1 atom stereocenters. The maximum atomic E-state index is 12.4. The smallest absolute Gasteiger partial charge is 0.247 e. The van der Waals surface area contributed by atoms with Crippen molar-refractivity contribution in [3.8, 4) is 0 Å². The van der Waals surface area contributed by atoms with Gasteiger partial charge < -0.3 is 4.90 Å². The molecule has 1 heterocycles. The maximum Gasteiger partial charge on any atom is 0.247 e. The molecule has 0 saturated heterocycles. The van der Waals surface area contributed by atoms with Gasteiger partial charge >= 0.3 is 0 Å². The monoisotopic (exact) mass is 315 g/mol. The quantitative estimate of drug-likeness (QED) is 0.809. The number of allylic oxidation sites excluding steroid dienone is 1. The summed E-state index contributed by atoms with van der Waals surface area (Å²) in [6.07, 6.45) is 6.52. The lowest BCUT2D eigenvalue weighted by Gasteiger charge is -2.27.